The van der Waals surface area contributed by atoms with Crippen molar-refractivity contribution in [2.45, 2.75) is 13.5 Å². The van der Waals surface area contributed by atoms with E-state index in [0.717, 1.165) is 22.4 Å². The van der Waals surface area contributed by atoms with Gasteiger partial charge in [-0.05, 0) is 34.5 Å². The largest absolute Gasteiger partial charge is 0.378 e. The average molecular weight is 266 g/mol. The summed E-state index contributed by atoms with van der Waals surface area (Å²) in [6.07, 6.45) is 3.50. The first-order valence-electron chi connectivity index (χ1n) is 4.73. The van der Waals surface area contributed by atoms with Crippen LogP contribution in [-0.4, -0.2) is 9.97 Å². The minimum atomic E-state index is 0.752. The van der Waals surface area contributed by atoms with Crippen LogP contribution in [-0.2, 0) is 6.54 Å². The van der Waals surface area contributed by atoms with Gasteiger partial charge < -0.3 is 10.3 Å². The Kier molecular flexibility index (Phi) is 3.06. The van der Waals surface area contributed by atoms with Crippen molar-refractivity contribution < 1.29 is 0 Å². The Labute approximate surface area is 97.1 Å². The molecule has 0 aliphatic carbocycles. The summed E-state index contributed by atoms with van der Waals surface area (Å²) < 4.78 is 1.12. The maximum atomic E-state index is 3.97. The Morgan fingerprint density at radius 3 is 3.07 bits per heavy atom. The zero-order valence-corrected chi connectivity index (χ0v) is 10.0. The molecule has 1 aromatic carbocycles. The number of imidazole rings is 1. The van der Waals surface area contributed by atoms with Gasteiger partial charge in [0.05, 0.1) is 18.6 Å². The second kappa shape index (κ2) is 4.49. The highest BCUT2D eigenvalue weighted by Gasteiger charge is 2.01. The van der Waals surface area contributed by atoms with Crippen LogP contribution in [0.1, 0.15) is 11.3 Å². The molecule has 15 heavy (non-hydrogen) atoms. The van der Waals surface area contributed by atoms with E-state index in [1.54, 1.807) is 6.33 Å². The summed E-state index contributed by atoms with van der Waals surface area (Å²) in [5, 5.41) is 3.34. The molecule has 0 aliphatic heterocycles. The summed E-state index contributed by atoms with van der Waals surface area (Å²) in [7, 11) is 0. The van der Waals surface area contributed by atoms with Gasteiger partial charge in [0.2, 0.25) is 0 Å². The molecule has 78 valence electrons. The summed E-state index contributed by atoms with van der Waals surface area (Å²) >= 11 is 3.56. The third-order valence-corrected chi connectivity index (χ3v) is 3.27. The highest BCUT2D eigenvalue weighted by molar-refractivity contribution is 9.10. The van der Waals surface area contributed by atoms with Crippen molar-refractivity contribution >= 4 is 21.6 Å². The highest BCUT2D eigenvalue weighted by Crippen LogP contribution is 2.25. The smallest absolute Gasteiger partial charge is 0.0922 e. The molecule has 0 saturated heterocycles. The summed E-state index contributed by atoms with van der Waals surface area (Å²) in [5.41, 5.74) is 3.40. The molecule has 2 N–H and O–H groups in total. The minimum absolute atomic E-state index is 0.752. The fraction of sp³-hybridized carbons (Fsp3) is 0.182. The molecule has 0 unspecified atom stereocenters. The lowest BCUT2D eigenvalue weighted by atomic mass is 10.2. The highest BCUT2D eigenvalue weighted by atomic mass is 79.9. The number of aryl methyl sites for hydroxylation is 1. The zero-order chi connectivity index (χ0) is 10.7. The molecule has 1 aromatic heterocycles. The summed E-state index contributed by atoms with van der Waals surface area (Å²) in [5.74, 6) is 0. The fourth-order valence-electron chi connectivity index (χ4n) is 1.36. The van der Waals surface area contributed by atoms with Crippen molar-refractivity contribution in [1.29, 1.82) is 0 Å². The summed E-state index contributed by atoms with van der Waals surface area (Å²) in [6, 6.07) is 6.16. The Balaban J connectivity index is 2.08. The van der Waals surface area contributed by atoms with Gasteiger partial charge in [0.1, 0.15) is 0 Å². The maximum Gasteiger partial charge on any atom is 0.0922 e. The molecule has 0 spiro atoms. The number of nitrogens with zero attached hydrogens (tertiary/aromatic N) is 1. The van der Waals surface area contributed by atoms with Gasteiger partial charge in [-0.2, -0.15) is 0 Å². The van der Waals surface area contributed by atoms with Gasteiger partial charge in [0, 0.05) is 16.4 Å². The van der Waals surface area contributed by atoms with E-state index in [9.17, 15) is 0 Å². The number of anilines is 1. The lowest BCUT2D eigenvalue weighted by Crippen LogP contribution is -2.00. The average Bonchev–Trinajstić information content (AvgIpc) is 2.73. The molecule has 2 aromatic rings. The fourth-order valence-corrected chi connectivity index (χ4v) is 1.76. The topological polar surface area (TPSA) is 40.7 Å². The van der Waals surface area contributed by atoms with E-state index in [1.165, 1.54) is 5.56 Å². The van der Waals surface area contributed by atoms with Crippen LogP contribution in [0, 0.1) is 6.92 Å². The second-order valence-corrected chi connectivity index (χ2v) is 4.16. The van der Waals surface area contributed by atoms with Crippen LogP contribution in [0.3, 0.4) is 0 Å². The number of nitrogens with one attached hydrogen (secondary N) is 2. The van der Waals surface area contributed by atoms with Gasteiger partial charge in [-0.1, -0.05) is 12.1 Å². The van der Waals surface area contributed by atoms with E-state index in [0.29, 0.717) is 0 Å². The van der Waals surface area contributed by atoms with Crippen molar-refractivity contribution in [2.24, 2.45) is 0 Å². The molecular formula is C11H12BrN3. The van der Waals surface area contributed by atoms with Crippen molar-refractivity contribution in [3.05, 3.63) is 46.5 Å². The van der Waals surface area contributed by atoms with Gasteiger partial charge in [0.15, 0.2) is 0 Å². The maximum absolute atomic E-state index is 3.97. The number of aromatic amines is 1. The van der Waals surface area contributed by atoms with Gasteiger partial charge in [-0.15, -0.1) is 0 Å². The molecule has 0 atom stereocenters. The number of hydrogen-bond acceptors (Lipinski definition) is 2. The number of halogens is 1. The van der Waals surface area contributed by atoms with Gasteiger partial charge in [0.25, 0.3) is 0 Å². The van der Waals surface area contributed by atoms with Crippen molar-refractivity contribution in [2.75, 3.05) is 5.32 Å². The van der Waals surface area contributed by atoms with E-state index in [1.807, 2.05) is 18.3 Å². The molecule has 0 fully saturated rings. The molecule has 3 nitrogen and oxygen atoms in total. The predicted molar refractivity (Wildman–Crippen MR) is 64.8 cm³/mol. The molecule has 4 heteroatoms. The quantitative estimate of drug-likeness (QED) is 0.896. The zero-order valence-electron chi connectivity index (χ0n) is 8.42. The normalized spacial score (nSPS) is 10.3. The molecule has 1 heterocycles. The van der Waals surface area contributed by atoms with Crippen molar-refractivity contribution in [3.63, 3.8) is 0 Å². The molecule has 0 radical (unpaired) electrons. The van der Waals surface area contributed by atoms with E-state index in [2.05, 4.69) is 44.2 Å². The number of rotatable bonds is 3. The Morgan fingerprint density at radius 1 is 1.47 bits per heavy atom. The van der Waals surface area contributed by atoms with Crippen LogP contribution >= 0.6 is 15.9 Å². The Bertz CT molecular complexity index is 437. The van der Waals surface area contributed by atoms with E-state index in [4.69, 9.17) is 0 Å². The lowest BCUT2D eigenvalue weighted by molar-refractivity contribution is 1.07. The van der Waals surface area contributed by atoms with Crippen LogP contribution in [0.5, 0.6) is 0 Å². The third kappa shape index (κ3) is 2.39. The summed E-state index contributed by atoms with van der Waals surface area (Å²) in [6.45, 7) is 2.83. The number of benzene rings is 1. The lowest BCUT2D eigenvalue weighted by Gasteiger charge is -2.08. The molecular weight excluding hydrogens is 254 g/mol. The van der Waals surface area contributed by atoms with Crippen molar-refractivity contribution in [1.82, 2.24) is 9.97 Å². The first kappa shape index (κ1) is 10.2. The minimum Gasteiger partial charge on any atom is -0.378 e. The second-order valence-electron chi connectivity index (χ2n) is 3.37. The first-order chi connectivity index (χ1) is 7.27. The monoisotopic (exact) mass is 265 g/mol. The predicted octanol–water partition coefficient (Wildman–Crippen LogP) is 3.09. The van der Waals surface area contributed by atoms with Crippen LogP contribution in [0.4, 0.5) is 5.69 Å². The van der Waals surface area contributed by atoms with E-state index < -0.39 is 0 Å². The van der Waals surface area contributed by atoms with E-state index in [-0.39, 0.29) is 0 Å². The van der Waals surface area contributed by atoms with Crippen LogP contribution in [0.25, 0.3) is 0 Å². The van der Waals surface area contributed by atoms with Gasteiger partial charge in [-0.3, -0.25) is 0 Å². The first-order valence-corrected chi connectivity index (χ1v) is 5.53. The Morgan fingerprint density at radius 2 is 2.33 bits per heavy atom. The van der Waals surface area contributed by atoms with Crippen LogP contribution < -0.4 is 5.32 Å². The van der Waals surface area contributed by atoms with E-state index >= 15 is 0 Å². The number of aromatic nitrogens is 2. The van der Waals surface area contributed by atoms with Gasteiger partial charge in [-0.25, -0.2) is 4.98 Å². The molecule has 2 rings (SSSR count). The third-order valence-electron chi connectivity index (χ3n) is 2.22. The van der Waals surface area contributed by atoms with Gasteiger partial charge >= 0.3 is 0 Å². The molecule has 0 saturated carbocycles. The SMILES string of the molecule is Cc1cccc(NCc2cnc[nH]2)c1Br. The van der Waals surface area contributed by atoms with Crippen molar-refractivity contribution in [3.8, 4) is 0 Å². The molecule has 0 amide bonds. The number of hydrogen-bond donors (Lipinski definition) is 2. The molecule has 0 bridgehead atoms. The van der Waals surface area contributed by atoms with Crippen LogP contribution in [0.2, 0.25) is 0 Å². The number of H-pyrrole nitrogens is 1. The standard InChI is InChI=1S/C11H12BrN3/c1-8-3-2-4-10(11(8)12)14-6-9-5-13-7-15-9/h2-5,7,14H,6H2,1H3,(H,13,15). The molecule has 0 aliphatic rings. The summed E-state index contributed by atoms with van der Waals surface area (Å²) in [4.78, 5) is 7.02. The van der Waals surface area contributed by atoms with Crippen LogP contribution in [0.15, 0.2) is 35.2 Å². The Hall–Kier alpha value is -1.29.